The highest BCUT2D eigenvalue weighted by Crippen LogP contribution is 2.30. The van der Waals surface area contributed by atoms with Gasteiger partial charge in [0.2, 0.25) is 0 Å². The normalized spacial score (nSPS) is 11.1. The highest BCUT2D eigenvalue weighted by Gasteiger charge is 2.19. The second-order valence-corrected chi connectivity index (χ2v) is 6.06. The van der Waals surface area contributed by atoms with Crippen LogP contribution in [0.1, 0.15) is 26.3 Å². The average Bonchev–Trinajstić information content (AvgIpc) is 2.47. The van der Waals surface area contributed by atoms with E-state index < -0.39 is 11.7 Å². The van der Waals surface area contributed by atoms with Crippen molar-refractivity contribution in [2.24, 2.45) is 0 Å². The molecule has 1 N–H and O–H groups in total. The SMILES string of the molecule is CC(C)(C)c1ccccc1OCC(=O)Nc1ccccc1F. The van der Waals surface area contributed by atoms with Crippen LogP contribution in [-0.2, 0) is 10.2 Å². The summed E-state index contributed by atoms with van der Waals surface area (Å²) in [7, 11) is 0. The van der Waals surface area contributed by atoms with E-state index in [1.807, 2.05) is 24.3 Å². The molecular weight excluding hydrogens is 281 g/mol. The Balaban J connectivity index is 2.02. The van der Waals surface area contributed by atoms with Crippen molar-refractivity contribution >= 4 is 11.6 Å². The molecule has 0 saturated carbocycles. The summed E-state index contributed by atoms with van der Waals surface area (Å²) in [5.74, 6) is -0.196. The van der Waals surface area contributed by atoms with Gasteiger partial charge in [-0.15, -0.1) is 0 Å². The molecule has 0 fully saturated rings. The lowest BCUT2D eigenvalue weighted by Gasteiger charge is -2.22. The molecule has 4 heteroatoms. The third-order valence-corrected chi connectivity index (χ3v) is 3.20. The lowest BCUT2D eigenvalue weighted by Crippen LogP contribution is -2.22. The first kappa shape index (κ1) is 16.0. The molecule has 0 radical (unpaired) electrons. The van der Waals surface area contributed by atoms with Crippen LogP contribution < -0.4 is 10.1 Å². The van der Waals surface area contributed by atoms with Crippen LogP contribution in [-0.4, -0.2) is 12.5 Å². The van der Waals surface area contributed by atoms with Crippen LogP contribution >= 0.6 is 0 Å². The zero-order valence-corrected chi connectivity index (χ0v) is 13.0. The second kappa shape index (κ2) is 6.60. The molecule has 116 valence electrons. The van der Waals surface area contributed by atoms with E-state index in [0.29, 0.717) is 5.75 Å². The molecule has 0 aliphatic heterocycles. The lowest BCUT2D eigenvalue weighted by molar-refractivity contribution is -0.118. The summed E-state index contributed by atoms with van der Waals surface area (Å²) in [5.41, 5.74) is 1.09. The monoisotopic (exact) mass is 301 g/mol. The Bertz CT molecular complexity index is 662. The molecule has 22 heavy (non-hydrogen) atoms. The fourth-order valence-corrected chi connectivity index (χ4v) is 2.10. The standard InChI is InChI=1S/C18H20FNO2/c1-18(2,3)13-8-4-7-11-16(13)22-12-17(21)20-15-10-6-5-9-14(15)19/h4-11H,12H2,1-3H3,(H,20,21). The van der Waals surface area contributed by atoms with Crippen molar-refractivity contribution in [3.05, 3.63) is 59.9 Å². The number of carbonyl (C=O) groups is 1. The second-order valence-electron chi connectivity index (χ2n) is 6.06. The van der Waals surface area contributed by atoms with Gasteiger partial charge in [0.05, 0.1) is 5.69 Å². The number of halogens is 1. The Morgan fingerprint density at radius 2 is 1.73 bits per heavy atom. The van der Waals surface area contributed by atoms with E-state index in [1.165, 1.54) is 12.1 Å². The number of amides is 1. The first-order valence-corrected chi connectivity index (χ1v) is 7.14. The van der Waals surface area contributed by atoms with Gasteiger partial charge in [-0.05, 0) is 29.2 Å². The number of rotatable bonds is 4. The molecule has 0 bridgehead atoms. The number of anilines is 1. The van der Waals surface area contributed by atoms with E-state index in [1.54, 1.807) is 12.1 Å². The molecule has 0 spiro atoms. The van der Waals surface area contributed by atoms with Crippen LogP contribution in [0.15, 0.2) is 48.5 Å². The summed E-state index contributed by atoms with van der Waals surface area (Å²) in [6, 6.07) is 13.6. The summed E-state index contributed by atoms with van der Waals surface area (Å²) in [5, 5.41) is 2.50. The van der Waals surface area contributed by atoms with Gasteiger partial charge in [0, 0.05) is 0 Å². The Labute approximate surface area is 130 Å². The molecule has 2 aromatic rings. The van der Waals surface area contributed by atoms with Crippen molar-refractivity contribution in [3.63, 3.8) is 0 Å². The molecule has 0 aromatic heterocycles. The van der Waals surface area contributed by atoms with E-state index in [2.05, 4.69) is 26.1 Å². The molecule has 0 aliphatic rings. The number of benzene rings is 2. The van der Waals surface area contributed by atoms with E-state index in [-0.39, 0.29) is 17.7 Å². The van der Waals surface area contributed by atoms with Crippen LogP contribution in [0.3, 0.4) is 0 Å². The Hall–Kier alpha value is -2.36. The van der Waals surface area contributed by atoms with Gasteiger partial charge >= 0.3 is 0 Å². The van der Waals surface area contributed by atoms with Gasteiger partial charge in [0.15, 0.2) is 6.61 Å². The topological polar surface area (TPSA) is 38.3 Å². The predicted octanol–water partition coefficient (Wildman–Crippen LogP) is 4.14. The minimum Gasteiger partial charge on any atom is -0.483 e. The van der Waals surface area contributed by atoms with Crippen molar-refractivity contribution in [1.82, 2.24) is 0 Å². The molecule has 0 aliphatic carbocycles. The maximum Gasteiger partial charge on any atom is 0.262 e. The number of ether oxygens (including phenoxy) is 1. The summed E-state index contributed by atoms with van der Waals surface area (Å²) in [6.45, 7) is 6.07. The number of carbonyl (C=O) groups excluding carboxylic acids is 1. The summed E-state index contributed by atoms with van der Waals surface area (Å²) in [6.07, 6.45) is 0. The number of nitrogens with one attached hydrogen (secondary N) is 1. The van der Waals surface area contributed by atoms with Gasteiger partial charge in [-0.25, -0.2) is 4.39 Å². The lowest BCUT2D eigenvalue weighted by atomic mass is 9.86. The first-order valence-electron chi connectivity index (χ1n) is 7.14. The minimum absolute atomic E-state index is 0.0847. The van der Waals surface area contributed by atoms with Crippen molar-refractivity contribution in [2.45, 2.75) is 26.2 Å². The van der Waals surface area contributed by atoms with Gasteiger partial charge < -0.3 is 10.1 Å². The van der Waals surface area contributed by atoms with Gasteiger partial charge in [-0.1, -0.05) is 51.1 Å². The Morgan fingerprint density at radius 1 is 1.09 bits per heavy atom. The van der Waals surface area contributed by atoms with E-state index >= 15 is 0 Å². The molecular formula is C18H20FNO2. The largest absolute Gasteiger partial charge is 0.483 e. The number of hydrogen-bond acceptors (Lipinski definition) is 2. The zero-order chi connectivity index (χ0) is 16.2. The van der Waals surface area contributed by atoms with Crippen LogP contribution in [0.5, 0.6) is 5.75 Å². The van der Waals surface area contributed by atoms with Crippen molar-refractivity contribution in [3.8, 4) is 5.75 Å². The van der Waals surface area contributed by atoms with Gasteiger partial charge in [0.1, 0.15) is 11.6 Å². The average molecular weight is 301 g/mol. The van der Waals surface area contributed by atoms with Crippen molar-refractivity contribution < 1.29 is 13.9 Å². The molecule has 0 saturated heterocycles. The number of para-hydroxylation sites is 2. The molecule has 2 rings (SSSR count). The highest BCUT2D eigenvalue weighted by atomic mass is 19.1. The van der Waals surface area contributed by atoms with E-state index in [0.717, 1.165) is 5.56 Å². The molecule has 0 unspecified atom stereocenters. The van der Waals surface area contributed by atoms with Gasteiger partial charge in [-0.2, -0.15) is 0 Å². The maximum atomic E-state index is 13.5. The van der Waals surface area contributed by atoms with Crippen molar-refractivity contribution in [2.75, 3.05) is 11.9 Å². The quantitative estimate of drug-likeness (QED) is 0.921. The predicted molar refractivity (Wildman–Crippen MR) is 85.7 cm³/mol. The first-order chi connectivity index (χ1) is 10.4. The Morgan fingerprint density at radius 3 is 2.41 bits per heavy atom. The Kier molecular flexibility index (Phi) is 4.81. The summed E-state index contributed by atoms with van der Waals surface area (Å²) >= 11 is 0. The van der Waals surface area contributed by atoms with Crippen LogP contribution in [0, 0.1) is 5.82 Å². The third-order valence-electron chi connectivity index (χ3n) is 3.20. The fraction of sp³-hybridized carbons (Fsp3) is 0.278. The molecule has 0 atom stereocenters. The highest BCUT2D eigenvalue weighted by molar-refractivity contribution is 5.92. The van der Waals surface area contributed by atoms with Crippen LogP contribution in [0.25, 0.3) is 0 Å². The number of hydrogen-bond donors (Lipinski definition) is 1. The molecule has 2 aromatic carbocycles. The van der Waals surface area contributed by atoms with Crippen LogP contribution in [0.2, 0.25) is 0 Å². The smallest absolute Gasteiger partial charge is 0.262 e. The fourth-order valence-electron chi connectivity index (χ4n) is 2.10. The third kappa shape index (κ3) is 4.07. The van der Waals surface area contributed by atoms with Crippen molar-refractivity contribution in [1.29, 1.82) is 0 Å². The maximum absolute atomic E-state index is 13.5. The summed E-state index contributed by atoms with van der Waals surface area (Å²) < 4.78 is 19.1. The van der Waals surface area contributed by atoms with Crippen LogP contribution in [0.4, 0.5) is 10.1 Å². The molecule has 0 heterocycles. The van der Waals surface area contributed by atoms with Gasteiger partial charge in [-0.3, -0.25) is 4.79 Å². The molecule has 3 nitrogen and oxygen atoms in total. The molecule has 1 amide bonds. The van der Waals surface area contributed by atoms with E-state index in [9.17, 15) is 9.18 Å². The van der Waals surface area contributed by atoms with Gasteiger partial charge in [0.25, 0.3) is 5.91 Å². The minimum atomic E-state index is -0.467. The van der Waals surface area contributed by atoms with E-state index in [4.69, 9.17) is 4.74 Å². The zero-order valence-electron chi connectivity index (χ0n) is 13.0. The summed E-state index contributed by atoms with van der Waals surface area (Å²) in [4.78, 5) is 11.9.